The van der Waals surface area contributed by atoms with Crippen LogP contribution in [0.25, 0.3) is 11.0 Å². The van der Waals surface area contributed by atoms with Gasteiger partial charge in [0.25, 0.3) is 16.0 Å². The van der Waals surface area contributed by atoms with E-state index in [1.54, 1.807) is 18.2 Å². The molecule has 2 aromatic carbocycles. The van der Waals surface area contributed by atoms with Crippen molar-refractivity contribution in [2.45, 2.75) is 11.8 Å². The van der Waals surface area contributed by atoms with Crippen LogP contribution in [0.5, 0.6) is 0 Å². The predicted molar refractivity (Wildman–Crippen MR) is 78.3 cm³/mol. The maximum atomic E-state index is 12.6. The molecule has 0 saturated heterocycles. The van der Waals surface area contributed by atoms with Crippen molar-refractivity contribution in [1.29, 1.82) is 0 Å². The smallest absolute Gasteiger partial charge is 0.282 e. The van der Waals surface area contributed by atoms with E-state index in [0.29, 0.717) is 11.0 Å². The van der Waals surface area contributed by atoms with Crippen LogP contribution >= 0.6 is 0 Å². The predicted octanol–water partition coefficient (Wildman–Crippen LogP) is 1.67. The van der Waals surface area contributed by atoms with Crippen molar-refractivity contribution in [3.8, 4) is 0 Å². The molecule has 0 radical (unpaired) electrons. The lowest BCUT2D eigenvalue weighted by Crippen LogP contribution is -2.17. The molecule has 0 aliphatic rings. The van der Waals surface area contributed by atoms with Crippen LogP contribution in [0.4, 0.5) is 0 Å². The third-order valence-corrected chi connectivity index (χ3v) is 4.10. The van der Waals surface area contributed by atoms with E-state index in [0.717, 1.165) is 16.3 Å². The van der Waals surface area contributed by atoms with E-state index in [-0.39, 0.29) is 5.56 Å². The molecule has 0 unspecified atom stereocenters. The first kappa shape index (κ1) is 14.4. The molecule has 0 amide bonds. The SMILES string of the molecule is Cc1ccc2c(c1)nnn2C(=O)c1ccccc1S(=O)(=O)O. The number of rotatable bonds is 2. The summed E-state index contributed by atoms with van der Waals surface area (Å²) in [4.78, 5) is 12.1. The van der Waals surface area contributed by atoms with E-state index >= 15 is 0 Å². The number of aromatic nitrogens is 3. The van der Waals surface area contributed by atoms with Crippen molar-refractivity contribution < 1.29 is 17.8 Å². The fraction of sp³-hybridized carbons (Fsp3) is 0.0714. The molecule has 0 bridgehead atoms. The monoisotopic (exact) mass is 317 g/mol. The average molecular weight is 317 g/mol. The van der Waals surface area contributed by atoms with Gasteiger partial charge in [-0.05, 0) is 36.8 Å². The van der Waals surface area contributed by atoms with Crippen molar-refractivity contribution >= 4 is 27.1 Å². The van der Waals surface area contributed by atoms with E-state index in [2.05, 4.69) is 10.3 Å². The van der Waals surface area contributed by atoms with E-state index < -0.39 is 20.9 Å². The van der Waals surface area contributed by atoms with Gasteiger partial charge in [-0.3, -0.25) is 9.35 Å². The minimum atomic E-state index is -4.51. The number of benzene rings is 2. The third kappa shape index (κ3) is 2.38. The average Bonchev–Trinajstić information content (AvgIpc) is 2.88. The van der Waals surface area contributed by atoms with Crippen LogP contribution in [0.15, 0.2) is 47.4 Å². The van der Waals surface area contributed by atoms with E-state index in [9.17, 15) is 17.8 Å². The molecular formula is C14H11N3O4S. The Morgan fingerprint density at radius 1 is 1.18 bits per heavy atom. The molecule has 0 fully saturated rings. The van der Waals surface area contributed by atoms with Crippen LogP contribution in [-0.4, -0.2) is 33.9 Å². The van der Waals surface area contributed by atoms with Gasteiger partial charge in [0.05, 0.1) is 11.1 Å². The van der Waals surface area contributed by atoms with Gasteiger partial charge in [0.2, 0.25) is 0 Å². The molecule has 8 heteroatoms. The standard InChI is InChI=1S/C14H11N3O4S/c1-9-6-7-12-11(8-9)15-16-17(12)14(18)10-4-2-3-5-13(10)22(19,20)21/h2-8H,1H3,(H,19,20,21). The Morgan fingerprint density at radius 3 is 2.64 bits per heavy atom. The molecule has 1 N–H and O–H groups in total. The quantitative estimate of drug-likeness (QED) is 0.721. The Bertz CT molecular complexity index is 992. The fourth-order valence-corrected chi connectivity index (χ4v) is 2.85. The van der Waals surface area contributed by atoms with E-state index in [1.165, 1.54) is 18.2 Å². The molecule has 0 aliphatic heterocycles. The Labute approximate surface area is 125 Å². The zero-order valence-electron chi connectivity index (χ0n) is 11.5. The van der Waals surface area contributed by atoms with Crippen LogP contribution in [0.1, 0.15) is 15.9 Å². The highest BCUT2D eigenvalue weighted by molar-refractivity contribution is 7.86. The van der Waals surface area contributed by atoms with Crippen LogP contribution in [0.3, 0.4) is 0 Å². The highest BCUT2D eigenvalue weighted by Gasteiger charge is 2.23. The largest absolute Gasteiger partial charge is 0.295 e. The Kier molecular flexibility index (Phi) is 3.27. The van der Waals surface area contributed by atoms with Crippen LogP contribution < -0.4 is 0 Å². The van der Waals surface area contributed by atoms with Crippen LogP contribution in [0, 0.1) is 6.92 Å². The molecule has 3 aromatic rings. The summed E-state index contributed by atoms with van der Waals surface area (Å²) in [6.07, 6.45) is 0. The van der Waals surface area contributed by atoms with Gasteiger partial charge in [-0.2, -0.15) is 13.1 Å². The van der Waals surface area contributed by atoms with Crippen molar-refractivity contribution in [2.24, 2.45) is 0 Å². The Morgan fingerprint density at radius 2 is 1.91 bits per heavy atom. The first-order valence-corrected chi connectivity index (χ1v) is 7.75. The second-order valence-electron chi connectivity index (χ2n) is 4.77. The molecule has 7 nitrogen and oxygen atoms in total. The second-order valence-corrected chi connectivity index (χ2v) is 6.16. The number of fused-ring (bicyclic) bond motifs is 1. The number of hydrogen-bond donors (Lipinski definition) is 1. The first-order valence-electron chi connectivity index (χ1n) is 6.31. The van der Waals surface area contributed by atoms with Crippen molar-refractivity contribution in [1.82, 2.24) is 15.0 Å². The van der Waals surface area contributed by atoms with Crippen molar-refractivity contribution in [3.05, 3.63) is 53.6 Å². The van der Waals surface area contributed by atoms with Gasteiger partial charge < -0.3 is 0 Å². The summed E-state index contributed by atoms with van der Waals surface area (Å²) in [5, 5.41) is 7.67. The van der Waals surface area contributed by atoms with Crippen LogP contribution in [0.2, 0.25) is 0 Å². The number of nitrogens with zero attached hydrogens (tertiary/aromatic N) is 3. The molecule has 22 heavy (non-hydrogen) atoms. The summed E-state index contributed by atoms with van der Waals surface area (Å²) in [7, 11) is -4.51. The minimum absolute atomic E-state index is 0.169. The van der Waals surface area contributed by atoms with Crippen molar-refractivity contribution in [2.75, 3.05) is 0 Å². The number of aryl methyl sites for hydroxylation is 1. The second kappa shape index (κ2) is 5.00. The molecule has 112 valence electrons. The molecule has 0 spiro atoms. The van der Waals surface area contributed by atoms with Crippen molar-refractivity contribution in [3.63, 3.8) is 0 Å². The first-order chi connectivity index (χ1) is 10.4. The highest BCUT2D eigenvalue weighted by Crippen LogP contribution is 2.19. The maximum absolute atomic E-state index is 12.6. The maximum Gasteiger partial charge on any atom is 0.295 e. The van der Waals surface area contributed by atoms with Gasteiger partial charge in [-0.25, -0.2) is 0 Å². The number of carbonyl (C=O) groups excluding carboxylic acids is 1. The summed E-state index contributed by atoms with van der Waals surface area (Å²) in [6.45, 7) is 1.88. The molecule has 1 heterocycles. The fourth-order valence-electron chi connectivity index (χ4n) is 2.17. The zero-order valence-corrected chi connectivity index (χ0v) is 12.3. The minimum Gasteiger partial charge on any atom is -0.282 e. The van der Waals surface area contributed by atoms with Gasteiger partial charge in [-0.1, -0.05) is 23.4 Å². The molecule has 1 aromatic heterocycles. The van der Waals surface area contributed by atoms with Gasteiger partial charge in [0.1, 0.15) is 10.4 Å². The summed E-state index contributed by atoms with van der Waals surface area (Å²) >= 11 is 0. The molecule has 3 rings (SSSR count). The molecule has 0 atom stereocenters. The number of carbonyl (C=O) groups is 1. The third-order valence-electron chi connectivity index (χ3n) is 3.19. The zero-order chi connectivity index (χ0) is 15.9. The number of hydrogen-bond acceptors (Lipinski definition) is 5. The highest BCUT2D eigenvalue weighted by atomic mass is 32.2. The molecule has 0 saturated carbocycles. The Hall–Kier alpha value is -2.58. The summed E-state index contributed by atoms with van der Waals surface area (Å²) in [5.41, 5.74) is 1.78. The lowest BCUT2D eigenvalue weighted by atomic mass is 10.2. The van der Waals surface area contributed by atoms with Gasteiger partial charge in [-0.15, -0.1) is 5.10 Å². The van der Waals surface area contributed by atoms with Gasteiger partial charge >= 0.3 is 0 Å². The van der Waals surface area contributed by atoms with Gasteiger partial charge in [0, 0.05) is 0 Å². The summed E-state index contributed by atoms with van der Waals surface area (Å²) < 4.78 is 33.0. The van der Waals surface area contributed by atoms with E-state index in [1.807, 2.05) is 6.92 Å². The van der Waals surface area contributed by atoms with Crippen LogP contribution in [-0.2, 0) is 10.1 Å². The molecule has 0 aliphatic carbocycles. The molecular weight excluding hydrogens is 306 g/mol. The topological polar surface area (TPSA) is 102 Å². The van der Waals surface area contributed by atoms with Gasteiger partial charge in [0.15, 0.2) is 0 Å². The summed E-state index contributed by atoms with van der Waals surface area (Å²) in [5.74, 6) is -0.681. The summed E-state index contributed by atoms with van der Waals surface area (Å²) in [6, 6.07) is 10.6. The Balaban J connectivity index is 2.19. The normalized spacial score (nSPS) is 11.7. The lowest BCUT2D eigenvalue weighted by Gasteiger charge is -2.06. The lowest BCUT2D eigenvalue weighted by molar-refractivity contribution is 0.0944. The van der Waals surface area contributed by atoms with E-state index in [4.69, 9.17) is 0 Å².